The van der Waals surface area contributed by atoms with Gasteiger partial charge in [-0.25, -0.2) is 9.50 Å². The first-order valence-corrected chi connectivity index (χ1v) is 6.12. The molecule has 1 atom stereocenters. The van der Waals surface area contributed by atoms with E-state index in [-0.39, 0.29) is 0 Å². The molecule has 0 bridgehead atoms. The van der Waals surface area contributed by atoms with E-state index in [1.54, 1.807) is 10.7 Å². The Bertz CT molecular complexity index is 513. The highest BCUT2D eigenvalue weighted by atomic mass is 15.2. The second-order valence-electron chi connectivity index (χ2n) is 4.74. The zero-order valence-corrected chi connectivity index (χ0v) is 9.76. The lowest BCUT2D eigenvalue weighted by atomic mass is 9.95. The fourth-order valence-corrected chi connectivity index (χ4v) is 2.43. The summed E-state index contributed by atoms with van der Waals surface area (Å²) in [5.41, 5.74) is 8.31. The van der Waals surface area contributed by atoms with E-state index in [1.165, 1.54) is 12.8 Å². The van der Waals surface area contributed by atoms with Crippen molar-refractivity contribution in [2.45, 2.75) is 19.3 Å². The number of hydrogen-bond acceptors (Lipinski definition) is 4. The molecule has 17 heavy (non-hydrogen) atoms. The molecule has 0 aromatic carbocycles. The lowest BCUT2D eigenvalue weighted by molar-refractivity contribution is 0.373. The van der Waals surface area contributed by atoms with E-state index in [0.29, 0.717) is 11.6 Å². The zero-order chi connectivity index (χ0) is 11.7. The van der Waals surface area contributed by atoms with E-state index in [2.05, 4.69) is 15.4 Å². The van der Waals surface area contributed by atoms with Crippen molar-refractivity contribution in [3.63, 3.8) is 0 Å². The van der Waals surface area contributed by atoms with Gasteiger partial charge in [-0.2, -0.15) is 5.10 Å². The topological polar surface area (TPSA) is 68.2 Å². The number of nitrogens with zero attached hydrogens (tertiary/aromatic N) is 3. The number of nitrogens with two attached hydrogens (primary N) is 1. The Kier molecular flexibility index (Phi) is 2.68. The van der Waals surface area contributed by atoms with E-state index in [9.17, 15) is 0 Å². The summed E-state index contributed by atoms with van der Waals surface area (Å²) >= 11 is 0. The number of nitrogens with one attached hydrogen (secondary N) is 1. The number of anilines is 1. The first-order chi connectivity index (χ1) is 8.31. The van der Waals surface area contributed by atoms with Crippen LogP contribution in [0.2, 0.25) is 0 Å². The van der Waals surface area contributed by atoms with E-state index in [1.807, 2.05) is 12.3 Å². The predicted molar refractivity (Wildman–Crippen MR) is 66.7 cm³/mol. The average molecular weight is 231 g/mol. The lowest BCUT2D eigenvalue weighted by Gasteiger charge is -2.21. The van der Waals surface area contributed by atoms with Crippen LogP contribution in [0.25, 0.3) is 5.65 Å². The molecule has 2 aromatic heterocycles. The molecule has 1 unspecified atom stereocenters. The van der Waals surface area contributed by atoms with Gasteiger partial charge in [-0.1, -0.05) is 0 Å². The molecule has 90 valence electrons. The number of piperidine rings is 1. The van der Waals surface area contributed by atoms with Gasteiger partial charge in [0.15, 0.2) is 5.65 Å². The van der Waals surface area contributed by atoms with Gasteiger partial charge in [0.25, 0.3) is 0 Å². The Labute approximate surface area is 100 Å². The van der Waals surface area contributed by atoms with Gasteiger partial charge < -0.3 is 11.1 Å². The largest absolute Gasteiger partial charge is 0.396 e. The molecule has 1 fully saturated rings. The summed E-state index contributed by atoms with van der Waals surface area (Å²) in [7, 11) is 0. The first-order valence-electron chi connectivity index (χ1n) is 6.12. The molecule has 0 spiro atoms. The Hall–Kier alpha value is -1.62. The molecule has 0 amide bonds. The molecule has 3 rings (SSSR count). The molecule has 1 saturated heterocycles. The van der Waals surface area contributed by atoms with Gasteiger partial charge in [-0.3, -0.25) is 0 Å². The van der Waals surface area contributed by atoms with Crippen molar-refractivity contribution in [3.8, 4) is 0 Å². The van der Waals surface area contributed by atoms with E-state index >= 15 is 0 Å². The second kappa shape index (κ2) is 4.33. The van der Waals surface area contributed by atoms with E-state index in [4.69, 9.17) is 5.73 Å². The average Bonchev–Trinajstić information content (AvgIpc) is 2.71. The fourth-order valence-electron chi connectivity index (χ4n) is 2.43. The summed E-state index contributed by atoms with van der Waals surface area (Å²) in [5.74, 6) is 0.700. The van der Waals surface area contributed by atoms with Crippen LogP contribution in [0.15, 0.2) is 18.5 Å². The maximum absolute atomic E-state index is 5.68. The van der Waals surface area contributed by atoms with Gasteiger partial charge in [0.05, 0.1) is 23.8 Å². The number of nitrogen functional groups attached to an aromatic ring is 1. The van der Waals surface area contributed by atoms with Gasteiger partial charge in [-0.15, -0.1) is 0 Å². The van der Waals surface area contributed by atoms with Crippen LogP contribution in [0, 0.1) is 5.92 Å². The summed E-state index contributed by atoms with van der Waals surface area (Å²) in [5, 5.41) is 7.94. The summed E-state index contributed by atoms with van der Waals surface area (Å²) in [6.45, 7) is 2.25. The van der Waals surface area contributed by atoms with Crippen LogP contribution < -0.4 is 11.1 Å². The number of fused-ring (bicyclic) bond motifs is 1. The number of rotatable bonds is 2. The zero-order valence-electron chi connectivity index (χ0n) is 9.76. The molecular formula is C12H17N5. The Balaban J connectivity index is 1.80. The third kappa shape index (κ3) is 2.24. The van der Waals surface area contributed by atoms with Gasteiger partial charge in [0.2, 0.25) is 0 Å². The SMILES string of the molecule is Nc1cnc2cc(CC3CCCNC3)nn2c1. The number of aromatic nitrogens is 3. The van der Waals surface area contributed by atoms with Crippen molar-refractivity contribution in [2.24, 2.45) is 5.92 Å². The van der Waals surface area contributed by atoms with E-state index in [0.717, 1.165) is 30.9 Å². The van der Waals surface area contributed by atoms with Crippen LogP contribution in [0.1, 0.15) is 18.5 Å². The Morgan fingerprint density at radius 1 is 1.53 bits per heavy atom. The summed E-state index contributed by atoms with van der Waals surface area (Å²) in [6, 6.07) is 2.05. The molecule has 1 aliphatic heterocycles. The highest BCUT2D eigenvalue weighted by Gasteiger charge is 2.15. The van der Waals surface area contributed by atoms with Crippen molar-refractivity contribution in [3.05, 3.63) is 24.2 Å². The molecule has 3 heterocycles. The second-order valence-corrected chi connectivity index (χ2v) is 4.74. The molecule has 2 aromatic rings. The maximum Gasteiger partial charge on any atom is 0.155 e. The third-order valence-corrected chi connectivity index (χ3v) is 3.28. The number of hydrogen-bond donors (Lipinski definition) is 2. The minimum atomic E-state index is 0.645. The van der Waals surface area contributed by atoms with Crippen LogP contribution in [-0.2, 0) is 6.42 Å². The molecule has 3 N–H and O–H groups in total. The molecular weight excluding hydrogens is 214 g/mol. The van der Waals surface area contributed by atoms with Gasteiger partial charge >= 0.3 is 0 Å². The van der Waals surface area contributed by atoms with Crippen LogP contribution in [0.5, 0.6) is 0 Å². The maximum atomic E-state index is 5.68. The smallest absolute Gasteiger partial charge is 0.155 e. The van der Waals surface area contributed by atoms with E-state index < -0.39 is 0 Å². The minimum Gasteiger partial charge on any atom is -0.396 e. The van der Waals surface area contributed by atoms with Crippen LogP contribution >= 0.6 is 0 Å². The molecule has 0 aliphatic carbocycles. The van der Waals surface area contributed by atoms with Crippen molar-refractivity contribution >= 4 is 11.3 Å². The predicted octanol–water partition coefficient (Wildman–Crippen LogP) is 0.854. The summed E-state index contributed by atoms with van der Waals surface area (Å²) in [4.78, 5) is 4.25. The van der Waals surface area contributed by atoms with Gasteiger partial charge in [0, 0.05) is 6.07 Å². The molecule has 0 radical (unpaired) electrons. The molecule has 1 aliphatic rings. The summed E-state index contributed by atoms with van der Waals surface area (Å²) < 4.78 is 1.76. The third-order valence-electron chi connectivity index (χ3n) is 3.28. The lowest BCUT2D eigenvalue weighted by Crippen LogP contribution is -2.30. The van der Waals surface area contributed by atoms with Gasteiger partial charge in [0.1, 0.15) is 0 Å². The van der Waals surface area contributed by atoms with Crippen molar-refractivity contribution in [1.29, 1.82) is 0 Å². The Morgan fingerprint density at radius 3 is 3.29 bits per heavy atom. The molecule has 5 heteroatoms. The molecule has 5 nitrogen and oxygen atoms in total. The van der Waals surface area contributed by atoms with Crippen LogP contribution in [0.4, 0.5) is 5.69 Å². The van der Waals surface area contributed by atoms with Gasteiger partial charge in [-0.05, 0) is 38.3 Å². The van der Waals surface area contributed by atoms with Crippen molar-refractivity contribution < 1.29 is 0 Å². The standard InChI is InChI=1S/C12H17N5/c13-10-7-15-12-5-11(16-17(12)8-10)4-9-2-1-3-14-6-9/h5,7-9,14H,1-4,6,13H2. The normalized spacial score (nSPS) is 20.8. The monoisotopic (exact) mass is 231 g/mol. The van der Waals surface area contributed by atoms with Crippen LogP contribution in [0.3, 0.4) is 0 Å². The molecule has 0 saturated carbocycles. The van der Waals surface area contributed by atoms with Crippen molar-refractivity contribution in [2.75, 3.05) is 18.8 Å². The van der Waals surface area contributed by atoms with Crippen LogP contribution in [-0.4, -0.2) is 27.7 Å². The quantitative estimate of drug-likeness (QED) is 0.804. The summed E-state index contributed by atoms with van der Waals surface area (Å²) in [6.07, 6.45) is 7.06. The highest BCUT2D eigenvalue weighted by Crippen LogP contribution is 2.16. The Morgan fingerprint density at radius 2 is 2.47 bits per heavy atom. The minimum absolute atomic E-state index is 0.645. The highest BCUT2D eigenvalue weighted by molar-refractivity contribution is 5.44. The van der Waals surface area contributed by atoms with Crippen molar-refractivity contribution in [1.82, 2.24) is 19.9 Å². The fraction of sp³-hybridized carbons (Fsp3) is 0.500. The first kappa shape index (κ1) is 10.5.